The summed E-state index contributed by atoms with van der Waals surface area (Å²) in [7, 11) is 1.47. The first-order valence-corrected chi connectivity index (χ1v) is 9.07. The Kier molecular flexibility index (Phi) is 3.97. The van der Waals surface area contributed by atoms with Crippen LogP contribution >= 0.6 is 0 Å². The van der Waals surface area contributed by atoms with Crippen LogP contribution in [0.15, 0.2) is 42.9 Å². The molecule has 4 aromatic rings. The van der Waals surface area contributed by atoms with E-state index in [2.05, 4.69) is 19.4 Å². The van der Waals surface area contributed by atoms with Crippen LogP contribution in [-0.2, 0) is 6.54 Å². The summed E-state index contributed by atoms with van der Waals surface area (Å²) < 4.78 is 51.5. The first-order chi connectivity index (χ1) is 14.7. The second-order valence-electron chi connectivity index (χ2n) is 7.08. The van der Waals surface area contributed by atoms with Crippen molar-refractivity contribution in [1.29, 1.82) is 0 Å². The van der Waals surface area contributed by atoms with Gasteiger partial charge in [0.15, 0.2) is 11.5 Å². The van der Waals surface area contributed by atoms with E-state index >= 15 is 0 Å². The number of imidazole rings is 1. The number of hydrogen-bond donors (Lipinski definition) is 1. The third kappa shape index (κ3) is 3.14. The van der Waals surface area contributed by atoms with Gasteiger partial charge in [0.2, 0.25) is 0 Å². The van der Waals surface area contributed by atoms with Gasteiger partial charge in [0.05, 0.1) is 29.1 Å². The van der Waals surface area contributed by atoms with Crippen molar-refractivity contribution in [2.24, 2.45) is 0 Å². The van der Waals surface area contributed by atoms with E-state index in [4.69, 9.17) is 5.73 Å². The van der Waals surface area contributed by atoms with Crippen LogP contribution in [0.4, 0.5) is 19.0 Å². The first kappa shape index (κ1) is 19.0. The van der Waals surface area contributed by atoms with Crippen molar-refractivity contribution < 1.29 is 27.4 Å². The Morgan fingerprint density at radius 1 is 1.19 bits per heavy atom. The first-order valence-electron chi connectivity index (χ1n) is 9.07. The van der Waals surface area contributed by atoms with Gasteiger partial charge in [-0.1, -0.05) is 6.07 Å². The molecule has 2 N–H and O–H groups in total. The molecular weight excluding hydrogens is 415 g/mol. The largest absolute Gasteiger partial charge is 0.586 e. The molecule has 0 saturated carbocycles. The van der Waals surface area contributed by atoms with Gasteiger partial charge in [0, 0.05) is 19.7 Å². The lowest BCUT2D eigenvalue weighted by atomic mass is 10.1. The van der Waals surface area contributed by atoms with Gasteiger partial charge < -0.3 is 20.1 Å². The Morgan fingerprint density at radius 3 is 2.77 bits per heavy atom. The highest BCUT2D eigenvalue weighted by molar-refractivity contribution is 5.98. The number of nitrogens with two attached hydrogens (primary N) is 1. The number of hydrogen-bond acceptors (Lipinski definition) is 6. The number of nitrogen functional groups attached to an aromatic ring is 1. The zero-order chi connectivity index (χ0) is 21.9. The molecule has 1 aliphatic heterocycles. The fraction of sp³-hybridized carbons (Fsp3) is 0.150. The molecular formula is C20H14F3N5O3. The Morgan fingerprint density at radius 2 is 1.97 bits per heavy atom. The minimum absolute atomic E-state index is 0.0268. The van der Waals surface area contributed by atoms with Crippen LogP contribution in [0.5, 0.6) is 11.5 Å². The molecule has 3 heterocycles. The second-order valence-corrected chi connectivity index (χ2v) is 7.08. The van der Waals surface area contributed by atoms with Crippen LogP contribution in [0.25, 0.3) is 16.6 Å². The van der Waals surface area contributed by atoms with Crippen LogP contribution in [0.2, 0.25) is 0 Å². The van der Waals surface area contributed by atoms with Crippen molar-refractivity contribution in [2.75, 3.05) is 12.8 Å². The van der Waals surface area contributed by atoms with Crippen LogP contribution in [-0.4, -0.2) is 38.5 Å². The summed E-state index contributed by atoms with van der Waals surface area (Å²) in [6.45, 7) is 0.0268. The average Bonchev–Trinajstić information content (AvgIpc) is 3.30. The van der Waals surface area contributed by atoms with E-state index < -0.39 is 18.0 Å². The lowest BCUT2D eigenvalue weighted by Crippen LogP contribution is -2.27. The molecule has 0 radical (unpaired) electrons. The van der Waals surface area contributed by atoms with Crippen molar-refractivity contribution in [2.45, 2.75) is 12.8 Å². The van der Waals surface area contributed by atoms with E-state index in [9.17, 15) is 18.0 Å². The summed E-state index contributed by atoms with van der Waals surface area (Å²) in [6, 6.07) is 6.70. The summed E-state index contributed by atoms with van der Waals surface area (Å²) in [4.78, 5) is 22.4. The number of halogens is 3. The summed E-state index contributed by atoms with van der Waals surface area (Å²) in [6.07, 6.45) is -0.719. The van der Waals surface area contributed by atoms with Crippen LogP contribution < -0.4 is 15.2 Å². The van der Waals surface area contributed by atoms with Gasteiger partial charge in [-0.25, -0.2) is 14.4 Å². The lowest BCUT2D eigenvalue weighted by Gasteiger charge is -2.18. The number of fused-ring (bicyclic) bond motifs is 4. The molecule has 0 unspecified atom stereocenters. The molecule has 158 valence electrons. The van der Waals surface area contributed by atoms with Crippen LogP contribution in [0, 0.1) is 5.82 Å². The van der Waals surface area contributed by atoms with Crippen molar-refractivity contribution in [3.05, 3.63) is 59.8 Å². The number of benzene rings is 2. The van der Waals surface area contributed by atoms with Gasteiger partial charge in [-0.2, -0.15) is 0 Å². The topological polar surface area (TPSA) is 95.0 Å². The Bertz CT molecular complexity index is 1370. The van der Waals surface area contributed by atoms with Crippen molar-refractivity contribution >= 4 is 28.3 Å². The van der Waals surface area contributed by atoms with Crippen molar-refractivity contribution in [1.82, 2.24) is 19.3 Å². The Balaban J connectivity index is 1.46. The second kappa shape index (κ2) is 6.49. The highest BCUT2D eigenvalue weighted by Gasteiger charge is 2.43. The smallest absolute Gasteiger partial charge is 0.395 e. The van der Waals surface area contributed by atoms with Gasteiger partial charge in [-0.3, -0.25) is 9.20 Å². The standard InChI is InChI=1S/C20H14F3N5O3/c1-27(8-10-2-3-16-17(4-10)31-20(22,23)30-16)19(29)11-5-14-13(6-12(11)21)26-18(24)15-7-25-9-28(14)15/h2-7,9H,8H2,1H3,(H2,24,26). The summed E-state index contributed by atoms with van der Waals surface area (Å²) in [5.41, 5.74) is 7.46. The van der Waals surface area contributed by atoms with Gasteiger partial charge in [-0.05, 0) is 23.8 Å². The van der Waals surface area contributed by atoms with Crippen molar-refractivity contribution in [3.63, 3.8) is 0 Å². The molecule has 0 aliphatic carbocycles. The van der Waals surface area contributed by atoms with E-state index in [1.54, 1.807) is 4.40 Å². The molecule has 0 fully saturated rings. The van der Waals surface area contributed by atoms with E-state index in [1.807, 2.05) is 0 Å². The predicted octanol–water partition coefficient (Wildman–Crippen LogP) is 3.20. The van der Waals surface area contributed by atoms with E-state index in [-0.39, 0.29) is 34.9 Å². The van der Waals surface area contributed by atoms with E-state index in [0.717, 1.165) is 6.07 Å². The number of aromatic nitrogens is 3. The third-order valence-electron chi connectivity index (χ3n) is 4.93. The maximum Gasteiger partial charge on any atom is 0.586 e. The third-order valence-corrected chi connectivity index (χ3v) is 4.93. The molecule has 0 atom stereocenters. The summed E-state index contributed by atoms with van der Waals surface area (Å²) in [5, 5.41) is 0. The molecule has 1 aliphatic rings. The fourth-order valence-corrected chi connectivity index (χ4v) is 3.50. The number of carbonyl (C=O) groups is 1. The average molecular weight is 429 g/mol. The zero-order valence-electron chi connectivity index (χ0n) is 16.0. The molecule has 2 aromatic carbocycles. The SMILES string of the molecule is CN(Cc1ccc2c(c1)OC(F)(F)O2)C(=O)c1cc2c(cc1F)nc(N)c1cncn12. The van der Waals surface area contributed by atoms with Gasteiger partial charge in [0.25, 0.3) is 5.91 Å². The number of alkyl halides is 2. The molecule has 11 heteroatoms. The fourth-order valence-electron chi connectivity index (χ4n) is 3.50. The molecule has 0 spiro atoms. The van der Waals surface area contributed by atoms with Gasteiger partial charge in [0.1, 0.15) is 17.2 Å². The maximum atomic E-state index is 14.7. The number of rotatable bonds is 3. The number of nitrogens with zero attached hydrogens (tertiary/aromatic N) is 4. The monoisotopic (exact) mass is 429 g/mol. The number of carbonyl (C=O) groups excluding carboxylic acids is 1. The van der Waals surface area contributed by atoms with Crippen molar-refractivity contribution in [3.8, 4) is 11.5 Å². The maximum absolute atomic E-state index is 14.7. The molecule has 8 nitrogen and oxygen atoms in total. The molecule has 5 rings (SSSR count). The Hall–Kier alpha value is -4.02. The zero-order valence-corrected chi connectivity index (χ0v) is 16.0. The van der Waals surface area contributed by atoms with E-state index in [0.29, 0.717) is 16.6 Å². The Labute approximate surface area is 172 Å². The predicted molar refractivity (Wildman–Crippen MR) is 103 cm³/mol. The molecule has 2 aromatic heterocycles. The minimum atomic E-state index is -3.73. The molecule has 0 bridgehead atoms. The lowest BCUT2D eigenvalue weighted by molar-refractivity contribution is -0.286. The molecule has 1 amide bonds. The summed E-state index contributed by atoms with van der Waals surface area (Å²) in [5.74, 6) is -1.41. The van der Waals surface area contributed by atoms with Gasteiger partial charge >= 0.3 is 6.29 Å². The van der Waals surface area contributed by atoms with Gasteiger partial charge in [-0.15, -0.1) is 8.78 Å². The highest BCUT2D eigenvalue weighted by atomic mass is 19.3. The highest BCUT2D eigenvalue weighted by Crippen LogP contribution is 2.41. The number of amides is 1. The molecule has 31 heavy (non-hydrogen) atoms. The minimum Gasteiger partial charge on any atom is -0.395 e. The van der Waals surface area contributed by atoms with Crippen LogP contribution in [0.3, 0.4) is 0 Å². The summed E-state index contributed by atoms with van der Waals surface area (Å²) >= 11 is 0. The van der Waals surface area contributed by atoms with E-state index in [1.165, 1.54) is 48.7 Å². The van der Waals surface area contributed by atoms with Crippen LogP contribution in [0.1, 0.15) is 15.9 Å². The number of anilines is 1. The molecule has 0 saturated heterocycles. The number of ether oxygens (including phenoxy) is 2. The normalized spacial score (nSPS) is 14.3. The quantitative estimate of drug-likeness (QED) is 0.538.